The highest BCUT2D eigenvalue weighted by Gasteiger charge is 2.37. The Bertz CT molecular complexity index is 461. The van der Waals surface area contributed by atoms with E-state index in [1.807, 2.05) is 19.3 Å². The normalized spacial score (nSPS) is 21.7. The molecule has 1 atom stereocenters. The molecule has 1 aliphatic rings. The van der Waals surface area contributed by atoms with Crippen LogP contribution in [0.2, 0.25) is 0 Å². The van der Waals surface area contributed by atoms with Crippen LogP contribution in [0.3, 0.4) is 0 Å². The molecule has 7 nitrogen and oxygen atoms in total. The third kappa shape index (κ3) is 3.07. The predicted octanol–water partition coefficient (Wildman–Crippen LogP) is 0.948. The van der Waals surface area contributed by atoms with Gasteiger partial charge in [0.2, 0.25) is 0 Å². The zero-order chi connectivity index (χ0) is 13.6. The van der Waals surface area contributed by atoms with Crippen LogP contribution in [0.4, 0.5) is 0 Å². The van der Waals surface area contributed by atoms with Crippen molar-refractivity contribution in [2.24, 2.45) is 10.4 Å². The molecule has 0 saturated carbocycles. The zero-order valence-electron chi connectivity index (χ0n) is 11.2. The van der Waals surface area contributed by atoms with Gasteiger partial charge in [0.1, 0.15) is 12.7 Å². The Kier molecular flexibility index (Phi) is 4.43. The summed E-state index contributed by atoms with van der Waals surface area (Å²) in [5.41, 5.74) is 3.88. The van der Waals surface area contributed by atoms with E-state index in [0.29, 0.717) is 6.67 Å². The molecule has 0 amide bonds. The molecule has 0 aliphatic carbocycles. The third-order valence-electron chi connectivity index (χ3n) is 2.99. The minimum absolute atomic E-state index is 0.287. The second-order valence-electron chi connectivity index (χ2n) is 4.27. The summed E-state index contributed by atoms with van der Waals surface area (Å²) in [4.78, 5) is 4.12. The highest BCUT2D eigenvalue weighted by atomic mass is 16.5. The molecule has 0 fully saturated rings. The fourth-order valence-corrected chi connectivity index (χ4v) is 2.05. The number of nitrogens with zero attached hydrogens (tertiary/aromatic N) is 4. The summed E-state index contributed by atoms with van der Waals surface area (Å²) in [6, 6.07) is 3.99. The SMILES string of the molecule is CNC[N+]1(CCc2cccnc2)N=NNC=C1OC. The predicted molar refractivity (Wildman–Crippen MR) is 70.1 cm³/mol. The maximum atomic E-state index is 5.41. The van der Waals surface area contributed by atoms with Crippen LogP contribution in [0.15, 0.2) is 47.1 Å². The van der Waals surface area contributed by atoms with Gasteiger partial charge in [-0.3, -0.25) is 15.7 Å². The summed E-state index contributed by atoms with van der Waals surface area (Å²) < 4.78 is 5.70. The smallest absolute Gasteiger partial charge is 0.339 e. The van der Waals surface area contributed by atoms with Crippen LogP contribution < -0.4 is 10.7 Å². The van der Waals surface area contributed by atoms with Gasteiger partial charge in [-0.05, 0) is 23.9 Å². The first-order chi connectivity index (χ1) is 9.30. The number of rotatable bonds is 6. The Hall–Kier alpha value is -1.99. The first kappa shape index (κ1) is 13.4. The van der Waals surface area contributed by atoms with Gasteiger partial charge >= 0.3 is 5.88 Å². The van der Waals surface area contributed by atoms with E-state index in [0.717, 1.165) is 18.8 Å². The van der Waals surface area contributed by atoms with E-state index >= 15 is 0 Å². The maximum Gasteiger partial charge on any atom is 0.339 e. The topological polar surface area (TPSA) is 70.9 Å². The molecule has 2 heterocycles. The maximum absolute atomic E-state index is 5.41. The van der Waals surface area contributed by atoms with E-state index in [-0.39, 0.29) is 4.59 Å². The molecule has 0 aromatic carbocycles. The van der Waals surface area contributed by atoms with Crippen LogP contribution in [0, 0.1) is 0 Å². The van der Waals surface area contributed by atoms with Crippen LogP contribution in [-0.4, -0.2) is 36.9 Å². The molecule has 1 aliphatic heterocycles. The Morgan fingerprint density at radius 3 is 3.05 bits per heavy atom. The summed E-state index contributed by atoms with van der Waals surface area (Å²) in [5, 5.41) is 11.3. The minimum atomic E-state index is 0.287. The van der Waals surface area contributed by atoms with E-state index in [9.17, 15) is 0 Å². The van der Waals surface area contributed by atoms with Crippen molar-refractivity contribution in [3.8, 4) is 0 Å². The lowest BCUT2D eigenvalue weighted by atomic mass is 10.2. The molecule has 2 rings (SSSR count). The average molecular weight is 263 g/mol. The second-order valence-corrected chi connectivity index (χ2v) is 4.27. The van der Waals surface area contributed by atoms with Crippen molar-refractivity contribution in [2.45, 2.75) is 6.42 Å². The van der Waals surface area contributed by atoms with Crippen LogP contribution in [0.5, 0.6) is 0 Å². The van der Waals surface area contributed by atoms with Gasteiger partial charge in [0.25, 0.3) is 0 Å². The second kappa shape index (κ2) is 6.26. The average Bonchev–Trinajstić information content (AvgIpc) is 2.47. The van der Waals surface area contributed by atoms with Crippen molar-refractivity contribution >= 4 is 0 Å². The van der Waals surface area contributed by atoms with E-state index in [2.05, 4.69) is 32.2 Å². The Balaban J connectivity index is 2.13. The highest BCUT2D eigenvalue weighted by Crippen LogP contribution is 2.22. The number of aromatic nitrogens is 1. The monoisotopic (exact) mass is 263 g/mol. The molecule has 19 heavy (non-hydrogen) atoms. The summed E-state index contributed by atoms with van der Waals surface area (Å²) in [6.45, 7) is 1.36. The van der Waals surface area contributed by atoms with Gasteiger partial charge in [0, 0.05) is 18.8 Å². The molecular formula is C12H19N6O+. The van der Waals surface area contributed by atoms with Crippen molar-refractivity contribution in [3.05, 3.63) is 42.2 Å². The van der Waals surface area contributed by atoms with Gasteiger partial charge in [0.15, 0.2) is 6.67 Å². The molecule has 0 bridgehead atoms. The van der Waals surface area contributed by atoms with Gasteiger partial charge < -0.3 is 4.74 Å². The number of methoxy groups -OCH3 is 1. The largest absolute Gasteiger partial charge is 0.452 e. The molecular weight excluding hydrogens is 244 g/mol. The Labute approximate surface area is 112 Å². The molecule has 2 N–H and O–H groups in total. The minimum Gasteiger partial charge on any atom is -0.452 e. The third-order valence-corrected chi connectivity index (χ3v) is 2.99. The van der Waals surface area contributed by atoms with Crippen LogP contribution in [0.1, 0.15) is 5.56 Å². The lowest BCUT2D eigenvalue weighted by Gasteiger charge is -2.31. The molecule has 0 spiro atoms. The molecule has 7 heteroatoms. The molecule has 1 aromatic heterocycles. The number of ether oxygens (including phenoxy) is 1. The number of pyridine rings is 1. The van der Waals surface area contributed by atoms with Gasteiger partial charge in [-0.1, -0.05) is 6.07 Å². The van der Waals surface area contributed by atoms with Crippen LogP contribution in [0.25, 0.3) is 0 Å². The fourth-order valence-electron chi connectivity index (χ4n) is 2.05. The zero-order valence-corrected chi connectivity index (χ0v) is 11.2. The van der Waals surface area contributed by atoms with Gasteiger partial charge in [0.05, 0.1) is 12.3 Å². The van der Waals surface area contributed by atoms with Gasteiger partial charge in [-0.25, -0.2) is 0 Å². The molecule has 0 saturated heterocycles. The lowest BCUT2D eigenvalue weighted by Crippen LogP contribution is -2.50. The van der Waals surface area contributed by atoms with Crippen molar-refractivity contribution in [3.63, 3.8) is 0 Å². The van der Waals surface area contributed by atoms with Crippen molar-refractivity contribution in [2.75, 3.05) is 27.4 Å². The summed E-state index contributed by atoms with van der Waals surface area (Å²) in [7, 11) is 3.52. The van der Waals surface area contributed by atoms with E-state index in [4.69, 9.17) is 4.74 Å². The first-order valence-electron chi connectivity index (χ1n) is 6.14. The number of hydrogen-bond donors (Lipinski definition) is 2. The molecule has 0 radical (unpaired) electrons. The summed E-state index contributed by atoms with van der Waals surface area (Å²) >= 11 is 0. The van der Waals surface area contributed by atoms with Gasteiger partial charge in [-0.15, -0.1) is 4.59 Å². The first-order valence-corrected chi connectivity index (χ1v) is 6.14. The molecule has 102 valence electrons. The van der Waals surface area contributed by atoms with Crippen LogP contribution in [-0.2, 0) is 11.2 Å². The van der Waals surface area contributed by atoms with Crippen molar-refractivity contribution in [1.29, 1.82) is 0 Å². The standard InChI is InChI=1S/C12H19N6O/c1-13-10-18(12(19-2)9-15-16-17-18)7-5-11-4-3-6-14-8-11/h3-4,6,8-9,13H,5,7,10H2,1-2H3,(H,15,17)/q+1. The fraction of sp³-hybridized carbons (Fsp3) is 0.417. The number of hydrogen-bond acceptors (Lipinski definition) is 6. The van der Waals surface area contributed by atoms with E-state index in [1.54, 1.807) is 19.5 Å². The van der Waals surface area contributed by atoms with Crippen LogP contribution >= 0.6 is 0 Å². The quantitative estimate of drug-likeness (QED) is 0.750. The van der Waals surface area contributed by atoms with E-state index < -0.39 is 0 Å². The Morgan fingerprint density at radius 2 is 2.37 bits per heavy atom. The molecule has 1 aromatic rings. The molecule has 1 unspecified atom stereocenters. The number of quaternary nitrogens is 1. The van der Waals surface area contributed by atoms with E-state index in [1.165, 1.54) is 5.56 Å². The van der Waals surface area contributed by atoms with Gasteiger partial charge in [-0.2, -0.15) is 0 Å². The highest BCUT2D eigenvalue weighted by molar-refractivity contribution is 5.08. The lowest BCUT2D eigenvalue weighted by molar-refractivity contribution is -0.921. The van der Waals surface area contributed by atoms with Crippen molar-refractivity contribution < 1.29 is 9.33 Å². The summed E-state index contributed by atoms with van der Waals surface area (Å²) in [5.74, 6) is 0.730. The Morgan fingerprint density at radius 1 is 1.47 bits per heavy atom. The summed E-state index contributed by atoms with van der Waals surface area (Å²) in [6.07, 6.45) is 6.21. The number of nitrogens with one attached hydrogen (secondary N) is 2. The van der Waals surface area contributed by atoms with Crippen molar-refractivity contribution in [1.82, 2.24) is 15.7 Å².